The van der Waals surface area contributed by atoms with Gasteiger partial charge in [-0.3, -0.25) is 0 Å². The second-order valence-electron chi connectivity index (χ2n) is 4.61. The molecule has 0 unspecified atom stereocenters. The number of azide groups is 1. The van der Waals surface area contributed by atoms with E-state index in [2.05, 4.69) is 22.2 Å². The van der Waals surface area contributed by atoms with Crippen molar-refractivity contribution in [1.29, 1.82) is 0 Å². The van der Waals surface area contributed by atoms with Crippen molar-refractivity contribution in [2.45, 2.75) is 20.8 Å². The first kappa shape index (κ1) is 14.0. The Morgan fingerprint density at radius 3 is 2.40 bits per heavy atom. The third-order valence-corrected chi connectivity index (χ3v) is 3.09. The van der Waals surface area contributed by atoms with Crippen molar-refractivity contribution in [2.75, 3.05) is 6.61 Å². The highest BCUT2D eigenvalue weighted by Crippen LogP contribution is 2.31. The molecule has 0 fully saturated rings. The van der Waals surface area contributed by atoms with Gasteiger partial charge in [-0.1, -0.05) is 23.3 Å². The highest BCUT2D eigenvalue weighted by molar-refractivity contribution is 5.70. The number of benzene rings is 2. The summed E-state index contributed by atoms with van der Waals surface area (Å²) in [6.07, 6.45) is 0. The van der Waals surface area contributed by atoms with Crippen molar-refractivity contribution in [3.8, 4) is 16.9 Å². The highest BCUT2D eigenvalue weighted by Gasteiger charge is 2.07. The lowest BCUT2D eigenvalue weighted by atomic mass is 9.99. The van der Waals surface area contributed by atoms with Gasteiger partial charge >= 0.3 is 0 Å². The first-order chi connectivity index (χ1) is 9.65. The van der Waals surface area contributed by atoms with Crippen molar-refractivity contribution in [1.82, 2.24) is 0 Å². The molecule has 0 spiro atoms. The Bertz CT molecular complexity index is 650. The average molecular weight is 267 g/mol. The highest BCUT2D eigenvalue weighted by atomic mass is 16.5. The molecule has 20 heavy (non-hydrogen) atoms. The third kappa shape index (κ3) is 2.92. The Balaban J connectivity index is 2.48. The maximum absolute atomic E-state index is 8.51. The molecule has 0 radical (unpaired) electrons. The van der Waals surface area contributed by atoms with E-state index < -0.39 is 0 Å². The number of ether oxygens (including phenoxy) is 1. The molecule has 0 saturated carbocycles. The maximum Gasteiger partial charge on any atom is 0.125 e. The van der Waals surface area contributed by atoms with Gasteiger partial charge in [0.25, 0.3) is 0 Å². The van der Waals surface area contributed by atoms with E-state index in [0.29, 0.717) is 12.3 Å². The van der Waals surface area contributed by atoms with E-state index in [0.717, 1.165) is 28.0 Å². The van der Waals surface area contributed by atoms with Crippen LogP contribution in [0.5, 0.6) is 5.75 Å². The van der Waals surface area contributed by atoms with Crippen LogP contribution in [0.4, 0.5) is 5.69 Å². The lowest BCUT2D eigenvalue weighted by molar-refractivity contribution is 0.335. The van der Waals surface area contributed by atoms with Crippen LogP contribution in [-0.4, -0.2) is 6.61 Å². The van der Waals surface area contributed by atoms with Crippen LogP contribution in [0.3, 0.4) is 0 Å². The van der Waals surface area contributed by atoms with Gasteiger partial charge in [0.2, 0.25) is 0 Å². The van der Waals surface area contributed by atoms with E-state index in [-0.39, 0.29) is 0 Å². The van der Waals surface area contributed by atoms with E-state index in [1.54, 1.807) is 6.07 Å². The van der Waals surface area contributed by atoms with Crippen LogP contribution in [0.2, 0.25) is 0 Å². The monoisotopic (exact) mass is 267 g/mol. The lowest BCUT2D eigenvalue weighted by Crippen LogP contribution is -1.97. The normalized spacial score (nSPS) is 9.95. The molecule has 0 heterocycles. The molecule has 102 valence electrons. The van der Waals surface area contributed by atoms with Crippen molar-refractivity contribution in [3.05, 3.63) is 58.0 Å². The molecule has 0 N–H and O–H groups in total. The zero-order valence-corrected chi connectivity index (χ0v) is 11.9. The van der Waals surface area contributed by atoms with Gasteiger partial charge in [0.15, 0.2) is 0 Å². The van der Waals surface area contributed by atoms with Crippen LogP contribution in [0.15, 0.2) is 41.5 Å². The Morgan fingerprint density at radius 2 is 1.80 bits per heavy atom. The minimum atomic E-state index is 0.620. The molecule has 0 amide bonds. The fraction of sp³-hybridized carbons (Fsp3) is 0.250. The molecule has 0 aliphatic heterocycles. The van der Waals surface area contributed by atoms with E-state index >= 15 is 0 Å². The van der Waals surface area contributed by atoms with Crippen molar-refractivity contribution in [2.24, 2.45) is 5.11 Å². The second kappa shape index (κ2) is 6.13. The SMILES string of the molecule is CCOc1c(C)cc(-c2cccc(N=[N+]=[N-])c2)cc1C. The molecule has 4 heteroatoms. The number of hydrogen-bond donors (Lipinski definition) is 0. The van der Waals surface area contributed by atoms with Crippen LogP contribution in [0, 0.1) is 13.8 Å². The molecule has 0 saturated heterocycles. The van der Waals surface area contributed by atoms with Gasteiger partial charge in [-0.25, -0.2) is 0 Å². The maximum atomic E-state index is 8.51. The molecule has 2 aromatic rings. The van der Waals surface area contributed by atoms with Gasteiger partial charge in [0.05, 0.1) is 6.61 Å². The van der Waals surface area contributed by atoms with Crippen LogP contribution in [0.25, 0.3) is 21.6 Å². The van der Waals surface area contributed by atoms with Crippen LogP contribution >= 0.6 is 0 Å². The van der Waals surface area contributed by atoms with Crippen LogP contribution in [0.1, 0.15) is 18.1 Å². The minimum absolute atomic E-state index is 0.620. The third-order valence-electron chi connectivity index (χ3n) is 3.09. The quantitative estimate of drug-likeness (QED) is 0.420. The largest absolute Gasteiger partial charge is 0.493 e. The van der Waals surface area contributed by atoms with E-state index in [1.807, 2.05) is 39.0 Å². The van der Waals surface area contributed by atoms with Crippen LogP contribution in [-0.2, 0) is 0 Å². The molecule has 0 aromatic heterocycles. The van der Waals surface area contributed by atoms with E-state index in [4.69, 9.17) is 10.3 Å². The van der Waals surface area contributed by atoms with Gasteiger partial charge in [0.1, 0.15) is 5.75 Å². The zero-order valence-electron chi connectivity index (χ0n) is 11.9. The summed E-state index contributed by atoms with van der Waals surface area (Å²) in [6.45, 7) is 6.72. The van der Waals surface area contributed by atoms with Crippen molar-refractivity contribution in [3.63, 3.8) is 0 Å². The minimum Gasteiger partial charge on any atom is -0.493 e. The van der Waals surface area contributed by atoms with Gasteiger partial charge in [-0.05, 0) is 66.8 Å². The summed E-state index contributed by atoms with van der Waals surface area (Å²) in [7, 11) is 0. The summed E-state index contributed by atoms with van der Waals surface area (Å²) in [6, 6.07) is 11.7. The molecular formula is C16H17N3O. The number of hydrogen-bond acceptors (Lipinski definition) is 2. The Hall–Kier alpha value is -2.45. The second-order valence-corrected chi connectivity index (χ2v) is 4.61. The molecular weight excluding hydrogens is 250 g/mol. The van der Waals surface area contributed by atoms with Gasteiger partial charge in [-0.2, -0.15) is 0 Å². The molecule has 0 atom stereocenters. The summed E-state index contributed by atoms with van der Waals surface area (Å²) < 4.78 is 5.65. The summed E-state index contributed by atoms with van der Waals surface area (Å²) in [5.41, 5.74) is 13.5. The van der Waals surface area contributed by atoms with Gasteiger partial charge < -0.3 is 4.74 Å². The van der Waals surface area contributed by atoms with Crippen LogP contribution < -0.4 is 4.74 Å². The van der Waals surface area contributed by atoms with E-state index in [9.17, 15) is 0 Å². The molecule has 0 bridgehead atoms. The zero-order chi connectivity index (χ0) is 14.5. The average Bonchev–Trinajstić information content (AvgIpc) is 2.43. The molecule has 0 aliphatic rings. The first-order valence-electron chi connectivity index (χ1n) is 6.55. The number of rotatable bonds is 4. The summed E-state index contributed by atoms with van der Waals surface area (Å²) in [5, 5.41) is 3.64. The standard InChI is InChI=1S/C16H17N3O/c1-4-20-16-11(2)8-14(9-12(16)3)13-6-5-7-15(10-13)18-19-17/h5-10H,4H2,1-3H3. The predicted molar refractivity (Wildman–Crippen MR) is 81.3 cm³/mol. The summed E-state index contributed by atoms with van der Waals surface area (Å²) >= 11 is 0. The van der Waals surface area contributed by atoms with E-state index in [1.165, 1.54) is 0 Å². The number of nitrogens with zero attached hydrogens (tertiary/aromatic N) is 3. The van der Waals surface area contributed by atoms with Gasteiger partial charge in [-0.15, -0.1) is 0 Å². The Kier molecular flexibility index (Phi) is 4.28. The fourth-order valence-electron chi connectivity index (χ4n) is 2.29. The fourth-order valence-corrected chi connectivity index (χ4v) is 2.29. The Morgan fingerprint density at radius 1 is 1.10 bits per heavy atom. The Labute approximate surface area is 118 Å². The van der Waals surface area contributed by atoms with Crippen molar-refractivity contribution >= 4 is 5.69 Å². The molecule has 2 aromatic carbocycles. The first-order valence-corrected chi connectivity index (χ1v) is 6.55. The lowest BCUT2D eigenvalue weighted by Gasteiger charge is -2.13. The molecule has 4 nitrogen and oxygen atoms in total. The molecule has 0 aliphatic carbocycles. The number of aryl methyl sites for hydroxylation is 2. The summed E-state index contributed by atoms with van der Waals surface area (Å²) in [5.74, 6) is 0.947. The topological polar surface area (TPSA) is 58.0 Å². The summed E-state index contributed by atoms with van der Waals surface area (Å²) in [4.78, 5) is 2.82. The predicted octanol–water partition coefficient (Wildman–Crippen LogP) is 5.31. The van der Waals surface area contributed by atoms with Gasteiger partial charge in [0, 0.05) is 10.6 Å². The van der Waals surface area contributed by atoms with Crippen molar-refractivity contribution < 1.29 is 4.74 Å². The molecule has 2 rings (SSSR count). The smallest absolute Gasteiger partial charge is 0.125 e.